The van der Waals surface area contributed by atoms with Gasteiger partial charge in [-0.3, -0.25) is 9.99 Å². The molecule has 0 rings (SSSR count). The summed E-state index contributed by atoms with van der Waals surface area (Å²) in [6.07, 6.45) is -1.60. The van der Waals surface area contributed by atoms with Crippen LogP contribution in [0.5, 0.6) is 0 Å². The zero-order valence-corrected chi connectivity index (χ0v) is 11.7. The monoisotopic (exact) mass is 283 g/mol. The number of carbonyl (C=O) groups excluding carboxylic acids is 2. The number of hydrogen-bond acceptors (Lipinski definition) is 6. The molecule has 9 heteroatoms. The highest BCUT2D eigenvalue weighted by Gasteiger charge is 2.24. The molecule has 0 fully saturated rings. The second-order valence-electron chi connectivity index (χ2n) is 2.76. The maximum absolute atomic E-state index is 11.6. The van der Waals surface area contributed by atoms with Gasteiger partial charge in [0.1, 0.15) is 6.09 Å². The van der Waals surface area contributed by atoms with E-state index in [4.69, 9.17) is 20.9 Å². The summed E-state index contributed by atoms with van der Waals surface area (Å²) in [5, 5.41) is 12.9. The average Bonchev–Trinajstić information content (AvgIpc) is 2.17. The van der Waals surface area contributed by atoms with Crippen molar-refractivity contribution in [3.8, 4) is 0 Å². The van der Waals surface area contributed by atoms with E-state index in [0.29, 0.717) is 4.90 Å². The second kappa shape index (κ2) is 7.60. The summed E-state index contributed by atoms with van der Waals surface area (Å²) in [6.45, 7) is 2.39. The first-order chi connectivity index (χ1) is 7.90. The molecule has 0 saturated heterocycles. The molecule has 3 amide bonds. The number of imide groups is 1. The fraction of sp³-hybridized carbons (Fsp3) is 0.750. The van der Waals surface area contributed by atoms with Crippen LogP contribution in [0, 0.1) is 0 Å². The Morgan fingerprint density at radius 2 is 1.76 bits per heavy atom. The highest BCUT2D eigenvalue weighted by Crippen LogP contribution is 2.43. The topological polar surface area (TPSA) is 90.9 Å². The van der Waals surface area contributed by atoms with Crippen molar-refractivity contribution in [3.63, 3.8) is 0 Å². The van der Waals surface area contributed by atoms with Gasteiger partial charge in [-0.15, -0.1) is 0 Å². The van der Waals surface area contributed by atoms with Crippen LogP contribution in [0.1, 0.15) is 20.8 Å². The zero-order chi connectivity index (χ0) is 13.5. The van der Waals surface area contributed by atoms with Gasteiger partial charge in [0.25, 0.3) is 6.64 Å². The first kappa shape index (κ1) is 16.3. The Morgan fingerprint density at radius 3 is 2.06 bits per heavy atom. The number of amides is 3. The molecule has 0 aromatic rings. The van der Waals surface area contributed by atoms with Gasteiger partial charge in [0.15, 0.2) is 0 Å². The molecule has 0 aliphatic carbocycles. The lowest BCUT2D eigenvalue weighted by molar-refractivity contribution is -0.261. The first-order valence-electron chi connectivity index (χ1n) is 5.10. The number of carboxylic acid groups (broad SMARTS) is 1. The van der Waals surface area contributed by atoms with Gasteiger partial charge in [0, 0.05) is 6.54 Å². The van der Waals surface area contributed by atoms with Crippen molar-refractivity contribution in [1.29, 1.82) is 0 Å². The molecule has 0 aromatic carbocycles. The summed E-state index contributed by atoms with van der Waals surface area (Å²) in [5.41, 5.74) is 0. The van der Waals surface area contributed by atoms with Gasteiger partial charge in [-0.1, -0.05) is 0 Å². The highest BCUT2D eigenvalue weighted by molar-refractivity contribution is 8.09. The summed E-state index contributed by atoms with van der Waals surface area (Å²) in [6, 6.07) is -0.891. The van der Waals surface area contributed by atoms with Crippen molar-refractivity contribution in [1.82, 2.24) is 9.99 Å². The maximum atomic E-state index is 11.6. The van der Waals surface area contributed by atoms with E-state index in [9.17, 15) is 14.7 Å². The normalized spacial score (nSPS) is 11.0. The van der Waals surface area contributed by atoms with Crippen molar-refractivity contribution in [2.24, 2.45) is 0 Å². The van der Waals surface area contributed by atoms with Crippen LogP contribution in [-0.2, 0) is 20.9 Å². The smallest absolute Gasteiger partial charge is 0.329 e. The van der Waals surface area contributed by atoms with Crippen molar-refractivity contribution in [2.45, 2.75) is 20.8 Å². The van der Waals surface area contributed by atoms with Gasteiger partial charge in [-0.25, -0.2) is 4.79 Å². The number of urea groups is 1. The Kier molecular flexibility index (Phi) is 7.29. The highest BCUT2D eigenvalue weighted by atomic mass is 32.5. The molecule has 0 radical (unpaired) electrons. The summed E-state index contributed by atoms with van der Waals surface area (Å²) >= 11 is 5.02. The largest absolute Gasteiger partial charge is 0.529 e. The lowest BCUT2D eigenvalue weighted by Crippen LogP contribution is -2.48. The molecule has 1 N–H and O–H groups in total. The average molecular weight is 283 g/mol. The third kappa shape index (κ3) is 5.45. The van der Waals surface area contributed by atoms with Crippen LogP contribution < -0.4 is 10.2 Å². The van der Waals surface area contributed by atoms with Crippen LogP contribution in [-0.4, -0.2) is 36.8 Å². The van der Waals surface area contributed by atoms with Crippen LogP contribution in [0.2, 0.25) is 0 Å². The van der Waals surface area contributed by atoms with Crippen LogP contribution in [0.4, 0.5) is 9.59 Å². The Balaban J connectivity index is 4.70. The van der Waals surface area contributed by atoms with Gasteiger partial charge in [0.2, 0.25) is 0 Å². The molecule has 0 heterocycles. The van der Waals surface area contributed by atoms with Crippen molar-refractivity contribution in [2.75, 3.05) is 19.8 Å². The summed E-state index contributed by atoms with van der Waals surface area (Å²) in [7, 11) is 0. The minimum atomic E-state index is -2.98. The number of nitrogens with one attached hydrogen (secondary N) is 1. The Bertz CT molecular complexity index is 315. The fourth-order valence-corrected chi connectivity index (χ4v) is 3.08. The second-order valence-corrected chi connectivity index (χ2v) is 5.94. The molecule has 0 bridgehead atoms. The lowest BCUT2D eigenvalue weighted by Gasteiger charge is -2.26. The molecule has 0 unspecified atom stereocenters. The number of rotatable bonds is 6. The molecule has 0 saturated carbocycles. The zero-order valence-electron chi connectivity index (χ0n) is 9.97. The minimum Gasteiger partial charge on any atom is -0.529 e. The van der Waals surface area contributed by atoms with E-state index in [1.165, 1.54) is 6.92 Å². The Morgan fingerprint density at radius 1 is 1.29 bits per heavy atom. The Hall–Kier alpha value is -0.690. The number of carbonyl (C=O) groups is 2. The summed E-state index contributed by atoms with van der Waals surface area (Å²) < 4.78 is 10.3. The molecular weight excluding hydrogens is 267 g/mol. The van der Waals surface area contributed by atoms with E-state index >= 15 is 0 Å². The predicted molar refractivity (Wildman–Crippen MR) is 63.8 cm³/mol. The van der Waals surface area contributed by atoms with Crippen molar-refractivity contribution >= 4 is 30.6 Å². The molecular formula is C8H16N2O5PS-. The van der Waals surface area contributed by atoms with E-state index in [2.05, 4.69) is 5.09 Å². The Labute approximate surface area is 105 Å². The minimum absolute atomic E-state index is 0.0399. The van der Waals surface area contributed by atoms with Gasteiger partial charge in [-0.05, 0) is 32.6 Å². The quantitative estimate of drug-likeness (QED) is 0.720. The van der Waals surface area contributed by atoms with E-state index in [0.717, 1.165) is 0 Å². The number of hydrogen-bond donors (Lipinski definition) is 1. The molecule has 0 aromatic heterocycles. The van der Waals surface area contributed by atoms with Crippen LogP contribution in [0.25, 0.3) is 0 Å². The van der Waals surface area contributed by atoms with Gasteiger partial charge in [0.05, 0.1) is 13.2 Å². The molecule has 0 aliphatic heterocycles. The first-order valence-corrected chi connectivity index (χ1v) is 7.73. The SMILES string of the molecule is CCOP(=S)(NC(=O)N(CC)C(=O)[O-])OCC. The van der Waals surface area contributed by atoms with Gasteiger partial charge < -0.3 is 18.9 Å². The van der Waals surface area contributed by atoms with E-state index in [-0.39, 0.29) is 19.8 Å². The van der Waals surface area contributed by atoms with Crippen molar-refractivity contribution in [3.05, 3.63) is 0 Å². The van der Waals surface area contributed by atoms with Crippen LogP contribution in [0.15, 0.2) is 0 Å². The lowest BCUT2D eigenvalue weighted by atomic mass is 10.6. The third-order valence-corrected chi connectivity index (χ3v) is 4.18. The summed E-state index contributed by atoms with van der Waals surface area (Å²) in [5.74, 6) is 0. The molecule has 7 nitrogen and oxygen atoms in total. The van der Waals surface area contributed by atoms with Gasteiger partial charge >= 0.3 is 6.03 Å². The molecule has 0 atom stereocenters. The van der Waals surface area contributed by atoms with Crippen molar-refractivity contribution < 1.29 is 23.7 Å². The standard InChI is InChI=1S/C8H17N2O5PS/c1-4-10(8(12)13)7(11)9-16(17,14-5-2)15-6-3/h4-6H2,1-3H3,(H,12,13)(H,9,11,17)/p-1. The number of nitrogens with zero attached hydrogens (tertiary/aromatic N) is 1. The molecule has 0 spiro atoms. The fourth-order valence-electron chi connectivity index (χ4n) is 0.975. The van der Waals surface area contributed by atoms with E-state index < -0.39 is 18.8 Å². The predicted octanol–water partition coefficient (Wildman–Crippen LogP) is 0.659. The molecule has 100 valence electrons. The van der Waals surface area contributed by atoms with E-state index in [1.807, 2.05) is 0 Å². The maximum Gasteiger partial charge on any atom is 0.329 e. The van der Waals surface area contributed by atoms with Crippen LogP contribution >= 0.6 is 6.64 Å². The molecule has 17 heavy (non-hydrogen) atoms. The van der Waals surface area contributed by atoms with E-state index in [1.54, 1.807) is 13.8 Å². The molecule has 0 aliphatic rings. The van der Waals surface area contributed by atoms with Gasteiger partial charge in [-0.2, -0.15) is 0 Å². The summed E-state index contributed by atoms with van der Waals surface area (Å²) in [4.78, 5) is 22.7. The van der Waals surface area contributed by atoms with Crippen LogP contribution in [0.3, 0.4) is 0 Å². The third-order valence-electron chi connectivity index (χ3n) is 1.61.